The van der Waals surface area contributed by atoms with Gasteiger partial charge in [0.2, 0.25) is 22.8 Å². The molecule has 0 spiro atoms. The van der Waals surface area contributed by atoms with E-state index >= 15 is 0 Å². The SMILES string of the molecule is [2H]C([2H])(c1cc[n+](C)c(-c2cc3oc4nc5ccccc5cc4c3cc2C)c1)C1CCCC1.[2H]C([2H])(c1cc[n+](C)c(-c2cc3oc4nc5ccccc5cc4c3cc2C)c1)C1CCCCC1. The van der Waals surface area contributed by atoms with Crippen molar-refractivity contribution in [1.82, 2.24) is 9.97 Å². The van der Waals surface area contributed by atoms with Crippen molar-refractivity contribution in [2.24, 2.45) is 25.9 Å². The molecular formula is C57H56N4O2+2. The van der Waals surface area contributed by atoms with Gasteiger partial charge in [0, 0.05) is 62.1 Å². The Labute approximate surface area is 374 Å². The monoisotopic (exact) mass is 832 g/mol. The van der Waals surface area contributed by atoms with Gasteiger partial charge in [0.05, 0.1) is 22.2 Å². The van der Waals surface area contributed by atoms with E-state index in [1.807, 2.05) is 87.2 Å². The van der Waals surface area contributed by atoms with Crippen molar-refractivity contribution in [3.63, 3.8) is 0 Å². The second kappa shape index (κ2) is 16.4. The molecule has 0 unspecified atom stereocenters. The van der Waals surface area contributed by atoms with Crippen LogP contribution in [0.1, 0.15) is 85.5 Å². The average Bonchev–Trinajstić information content (AvgIpc) is 4.09. The molecule has 0 radical (unpaired) electrons. The Bertz CT molecular complexity index is 3550. The van der Waals surface area contributed by atoms with Crippen LogP contribution < -0.4 is 9.13 Å². The summed E-state index contributed by atoms with van der Waals surface area (Å²) < 4.78 is 52.2. The van der Waals surface area contributed by atoms with Crippen molar-refractivity contribution in [2.75, 3.05) is 0 Å². The smallest absolute Gasteiger partial charge is 0.227 e. The summed E-state index contributed by atoms with van der Waals surface area (Å²) in [5, 5.41) is 6.37. The topological polar surface area (TPSA) is 59.8 Å². The zero-order valence-electron chi connectivity index (χ0n) is 40.7. The van der Waals surface area contributed by atoms with Gasteiger partial charge >= 0.3 is 0 Å². The molecule has 6 aromatic heterocycles. The summed E-state index contributed by atoms with van der Waals surface area (Å²) in [7, 11) is 4.03. The van der Waals surface area contributed by atoms with Gasteiger partial charge in [-0.05, 0) is 109 Å². The largest absolute Gasteiger partial charge is 0.438 e. The van der Waals surface area contributed by atoms with E-state index in [0.717, 1.165) is 151 Å². The molecule has 2 saturated carbocycles. The molecule has 12 rings (SSSR count). The van der Waals surface area contributed by atoms with E-state index < -0.39 is 12.7 Å². The lowest BCUT2D eigenvalue weighted by molar-refractivity contribution is -0.660. The van der Waals surface area contributed by atoms with Crippen molar-refractivity contribution in [2.45, 2.75) is 84.4 Å². The minimum absolute atomic E-state index is 0.0842. The third-order valence-corrected chi connectivity index (χ3v) is 13.6. The number of fused-ring (bicyclic) bond motifs is 8. The molecule has 0 aliphatic heterocycles. The molecule has 2 aliphatic carbocycles. The average molecular weight is 833 g/mol. The Hall–Kier alpha value is -6.40. The molecule has 0 saturated heterocycles. The minimum Gasteiger partial charge on any atom is -0.438 e. The highest BCUT2D eigenvalue weighted by Gasteiger charge is 2.23. The van der Waals surface area contributed by atoms with Crippen LogP contribution in [0.15, 0.2) is 130 Å². The maximum atomic E-state index is 8.95. The highest BCUT2D eigenvalue weighted by molar-refractivity contribution is 6.09. The molecule has 0 atom stereocenters. The molecule has 4 aromatic carbocycles. The van der Waals surface area contributed by atoms with Crippen LogP contribution in [0, 0.1) is 25.7 Å². The number of nitrogens with zero attached hydrogens (tertiary/aromatic N) is 4. The lowest BCUT2D eigenvalue weighted by Gasteiger charge is -2.21. The lowest BCUT2D eigenvalue weighted by atomic mass is 9.85. The van der Waals surface area contributed by atoms with E-state index in [1.165, 1.54) is 6.42 Å². The van der Waals surface area contributed by atoms with Crippen LogP contribution in [0.25, 0.3) is 88.5 Å². The number of hydrogen-bond donors (Lipinski definition) is 0. The fourth-order valence-electron chi connectivity index (χ4n) is 10.1. The van der Waals surface area contributed by atoms with Crippen molar-refractivity contribution in [3.05, 3.63) is 144 Å². The van der Waals surface area contributed by atoms with Crippen LogP contribution in [0.4, 0.5) is 0 Å². The number of aromatic nitrogens is 4. The Morgan fingerprint density at radius 2 is 0.952 bits per heavy atom. The van der Waals surface area contributed by atoms with Gasteiger partial charge in [-0.25, -0.2) is 19.1 Å². The van der Waals surface area contributed by atoms with Gasteiger partial charge in [-0.1, -0.05) is 94.2 Å². The third-order valence-electron chi connectivity index (χ3n) is 13.6. The highest BCUT2D eigenvalue weighted by Crippen LogP contribution is 2.37. The van der Waals surface area contributed by atoms with E-state index in [2.05, 4.69) is 71.5 Å². The molecule has 0 N–H and O–H groups in total. The molecule has 63 heavy (non-hydrogen) atoms. The van der Waals surface area contributed by atoms with Crippen LogP contribution in [-0.4, -0.2) is 9.97 Å². The fraction of sp³-hybridized carbons (Fsp3) is 0.298. The summed E-state index contributed by atoms with van der Waals surface area (Å²) in [4.78, 5) is 9.47. The fourth-order valence-corrected chi connectivity index (χ4v) is 10.1. The Morgan fingerprint density at radius 3 is 1.41 bits per heavy atom. The van der Waals surface area contributed by atoms with Crippen LogP contribution in [0.3, 0.4) is 0 Å². The maximum Gasteiger partial charge on any atom is 0.227 e. The standard InChI is InChI=1S/C29H29N2O.C28H27N2O/c1-19-14-24-25-17-22-10-6-7-11-26(22)30-29(25)32-28(24)18-23(19)27-16-21(12-13-31(27)2)15-20-8-4-3-5-9-20;1-18-13-23-24-16-21-9-5-6-10-25(21)29-28(24)31-27(23)17-22(18)26-15-20(11-12-30(26)2)14-19-7-3-4-8-19/h6-7,10-14,16-18,20H,3-5,8-9,15H2,1-2H3;5-6,9-13,15-17,19H,3-4,7-8,14H2,1-2H3/q2*+1/i15D2;14D2. The molecule has 10 aromatic rings. The lowest BCUT2D eigenvalue weighted by Crippen LogP contribution is -2.31. The number of hydrogen-bond acceptors (Lipinski definition) is 4. The predicted octanol–water partition coefficient (Wildman–Crippen LogP) is 13.7. The van der Waals surface area contributed by atoms with Gasteiger partial charge in [-0.15, -0.1) is 0 Å². The normalized spacial score (nSPS) is 16.4. The van der Waals surface area contributed by atoms with Crippen molar-refractivity contribution >= 4 is 65.9 Å². The number of benzene rings is 4. The second-order valence-corrected chi connectivity index (χ2v) is 18.0. The molecule has 0 bridgehead atoms. The first-order valence-corrected chi connectivity index (χ1v) is 22.8. The predicted molar refractivity (Wildman–Crippen MR) is 257 cm³/mol. The van der Waals surface area contributed by atoms with E-state index in [0.29, 0.717) is 11.4 Å². The summed E-state index contributed by atoms with van der Waals surface area (Å²) in [6.45, 7) is 4.23. The minimum atomic E-state index is -1.33. The van der Waals surface area contributed by atoms with Gasteiger partial charge in [0.15, 0.2) is 12.4 Å². The number of furan rings is 2. The van der Waals surface area contributed by atoms with Crippen LogP contribution >= 0.6 is 0 Å². The molecule has 0 amide bonds. The summed E-state index contributed by atoms with van der Waals surface area (Å²) in [5.74, 6) is 0.179. The Kier molecular flexibility index (Phi) is 9.13. The van der Waals surface area contributed by atoms with Gasteiger partial charge in [-0.2, -0.15) is 0 Å². The summed E-state index contributed by atoms with van der Waals surface area (Å²) in [5.41, 5.74) is 12.7. The molecule has 6 nitrogen and oxygen atoms in total. The number of para-hydroxylation sites is 2. The summed E-state index contributed by atoms with van der Waals surface area (Å²) in [6, 6.07) is 37.0. The zero-order valence-corrected chi connectivity index (χ0v) is 36.7. The Morgan fingerprint density at radius 1 is 0.524 bits per heavy atom. The van der Waals surface area contributed by atoms with E-state index in [-0.39, 0.29) is 11.8 Å². The van der Waals surface area contributed by atoms with Crippen LogP contribution in [0.5, 0.6) is 0 Å². The van der Waals surface area contributed by atoms with Gasteiger partial charge in [-0.3, -0.25) is 0 Å². The summed E-state index contributed by atoms with van der Waals surface area (Å²) in [6.07, 6.45) is 10.9. The van der Waals surface area contributed by atoms with Crippen LogP contribution in [0.2, 0.25) is 0 Å². The quantitative estimate of drug-likeness (QED) is 0.157. The second-order valence-electron chi connectivity index (χ2n) is 18.0. The first-order valence-electron chi connectivity index (χ1n) is 24.8. The molecule has 6 heteroatoms. The number of rotatable bonds is 6. The van der Waals surface area contributed by atoms with E-state index in [1.54, 1.807) is 0 Å². The first kappa shape index (κ1) is 35.1. The van der Waals surface area contributed by atoms with Gasteiger partial charge in [0.1, 0.15) is 25.3 Å². The molecular weight excluding hydrogens is 773 g/mol. The molecule has 2 fully saturated rings. The first-order chi connectivity index (χ1) is 32.3. The molecule has 314 valence electrons. The van der Waals surface area contributed by atoms with Crippen molar-refractivity contribution < 1.29 is 23.5 Å². The van der Waals surface area contributed by atoms with Gasteiger partial charge in [0.25, 0.3) is 0 Å². The molecule has 6 heterocycles. The van der Waals surface area contributed by atoms with E-state index in [4.69, 9.17) is 24.3 Å². The van der Waals surface area contributed by atoms with E-state index in [9.17, 15) is 0 Å². The highest BCUT2D eigenvalue weighted by atomic mass is 16.3. The van der Waals surface area contributed by atoms with Crippen LogP contribution in [-0.2, 0) is 26.8 Å². The zero-order chi connectivity index (χ0) is 46.2. The maximum absolute atomic E-state index is 8.95. The third kappa shape index (κ3) is 7.64. The van der Waals surface area contributed by atoms with Crippen molar-refractivity contribution in [1.29, 1.82) is 0 Å². The number of aryl methyl sites for hydroxylation is 4. The van der Waals surface area contributed by atoms with Crippen molar-refractivity contribution in [3.8, 4) is 22.5 Å². The van der Waals surface area contributed by atoms with Gasteiger partial charge < -0.3 is 8.83 Å². The Balaban J connectivity index is 0.000000148. The molecule has 2 aliphatic rings. The number of pyridine rings is 4. The summed E-state index contributed by atoms with van der Waals surface area (Å²) >= 11 is 0.